The van der Waals surface area contributed by atoms with Gasteiger partial charge in [0.25, 0.3) is 0 Å². The van der Waals surface area contributed by atoms with Gasteiger partial charge in [-0.3, -0.25) is 0 Å². The fourth-order valence-electron chi connectivity index (χ4n) is 2.09. The van der Waals surface area contributed by atoms with Crippen LogP contribution in [0.1, 0.15) is 5.56 Å². The molecule has 0 saturated carbocycles. The Hall–Kier alpha value is -2.73. The molecule has 0 amide bonds. The van der Waals surface area contributed by atoms with E-state index in [1.807, 2.05) is 25.1 Å². The van der Waals surface area contributed by atoms with E-state index < -0.39 is 0 Å². The molecule has 0 aliphatic rings. The number of aryl methyl sites for hydroxylation is 1. The Morgan fingerprint density at radius 3 is 2.83 bits per heavy atom. The molecule has 116 valence electrons. The third-order valence-electron chi connectivity index (χ3n) is 3.18. The number of nitrogens with one attached hydrogen (secondary N) is 2. The average molecular weight is 327 g/mol. The van der Waals surface area contributed by atoms with E-state index >= 15 is 0 Å². The summed E-state index contributed by atoms with van der Waals surface area (Å²) in [7, 11) is 0. The minimum atomic E-state index is 0.465. The molecule has 2 N–H and O–H groups in total. The molecule has 0 unspecified atom stereocenters. The van der Waals surface area contributed by atoms with Crippen LogP contribution in [-0.4, -0.2) is 26.5 Å². The largest absolute Gasteiger partial charge is 0.351 e. The fourth-order valence-corrected chi connectivity index (χ4v) is 2.31. The van der Waals surface area contributed by atoms with Crippen molar-refractivity contribution in [1.29, 1.82) is 0 Å². The van der Waals surface area contributed by atoms with Gasteiger partial charge in [0.05, 0.1) is 0 Å². The zero-order chi connectivity index (χ0) is 16.2. The molecule has 6 nitrogen and oxygen atoms in total. The van der Waals surface area contributed by atoms with Crippen molar-refractivity contribution in [3.8, 4) is 0 Å². The summed E-state index contributed by atoms with van der Waals surface area (Å²) >= 11 is 6.00. The molecule has 0 bridgehead atoms. The van der Waals surface area contributed by atoms with Gasteiger partial charge < -0.3 is 10.6 Å². The Labute approximate surface area is 138 Å². The number of hydrogen-bond donors (Lipinski definition) is 2. The van der Waals surface area contributed by atoms with Gasteiger partial charge in [-0.25, -0.2) is 9.97 Å². The lowest BCUT2D eigenvalue weighted by atomic mass is 10.2. The summed E-state index contributed by atoms with van der Waals surface area (Å²) in [5.41, 5.74) is 3.03. The summed E-state index contributed by atoms with van der Waals surface area (Å²) in [5.74, 6) is 1.05. The molecule has 0 radical (unpaired) electrons. The molecule has 0 spiro atoms. The molecule has 0 saturated heterocycles. The van der Waals surface area contributed by atoms with Gasteiger partial charge in [0.2, 0.25) is 5.95 Å². The molecule has 23 heavy (non-hydrogen) atoms. The topological polar surface area (TPSA) is 75.6 Å². The highest BCUT2D eigenvalue weighted by atomic mass is 35.5. The second kappa shape index (κ2) is 6.58. The lowest BCUT2D eigenvalue weighted by Crippen LogP contribution is -2.07. The predicted molar refractivity (Wildman–Crippen MR) is 93.3 cm³/mol. The standard InChI is InChI=1S/C16H15ClN6/c1-3-6-20-16-22-14-13(18-7-8-19-14)15(23-16)21-12-5-4-11(17)9-10(12)2/h3-5,7-9H,1,6H2,2H3,(H2,19,20,21,22,23). The van der Waals surface area contributed by atoms with Crippen molar-refractivity contribution in [1.82, 2.24) is 19.9 Å². The van der Waals surface area contributed by atoms with Gasteiger partial charge in [0.15, 0.2) is 17.0 Å². The van der Waals surface area contributed by atoms with E-state index in [0.29, 0.717) is 34.5 Å². The Bertz CT molecular complexity index is 864. The van der Waals surface area contributed by atoms with E-state index in [2.05, 4.69) is 37.1 Å². The maximum atomic E-state index is 6.00. The highest BCUT2D eigenvalue weighted by Gasteiger charge is 2.11. The SMILES string of the molecule is C=CCNc1nc(Nc2ccc(Cl)cc2C)c2nccnc2n1. The molecular weight excluding hydrogens is 312 g/mol. The van der Waals surface area contributed by atoms with Crippen LogP contribution < -0.4 is 10.6 Å². The van der Waals surface area contributed by atoms with E-state index in [1.54, 1.807) is 18.5 Å². The van der Waals surface area contributed by atoms with E-state index in [4.69, 9.17) is 11.6 Å². The maximum Gasteiger partial charge on any atom is 0.227 e. The van der Waals surface area contributed by atoms with Crippen LogP contribution in [0.15, 0.2) is 43.2 Å². The molecule has 3 rings (SSSR count). The first-order valence-electron chi connectivity index (χ1n) is 7.04. The van der Waals surface area contributed by atoms with Crippen molar-refractivity contribution in [2.24, 2.45) is 0 Å². The van der Waals surface area contributed by atoms with Crippen molar-refractivity contribution in [3.63, 3.8) is 0 Å². The van der Waals surface area contributed by atoms with Gasteiger partial charge in [0.1, 0.15) is 0 Å². The van der Waals surface area contributed by atoms with E-state index in [1.165, 1.54) is 0 Å². The minimum Gasteiger partial charge on any atom is -0.351 e. The van der Waals surface area contributed by atoms with Crippen molar-refractivity contribution in [2.45, 2.75) is 6.92 Å². The third kappa shape index (κ3) is 3.37. The molecule has 2 heterocycles. The quantitative estimate of drug-likeness (QED) is 0.696. The number of hydrogen-bond acceptors (Lipinski definition) is 6. The van der Waals surface area contributed by atoms with Gasteiger partial charge in [-0.05, 0) is 30.7 Å². The molecule has 0 fully saturated rings. The minimum absolute atomic E-state index is 0.465. The molecule has 0 aliphatic carbocycles. The van der Waals surface area contributed by atoms with Gasteiger partial charge in [-0.2, -0.15) is 9.97 Å². The Kier molecular flexibility index (Phi) is 4.34. The zero-order valence-electron chi connectivity index (χ0n) is 12.5. The third-order valence-corrected chi connectivity index (χ3v) is 3.41. The van der Waals surface area contributed by atoms with Crippen LogP contribution in [-0.2, 0) is 0 Å². The number of rotatable bonds is 5. The van der Waals surface area contributed by atoms with Crippen molar-refractivity contribution < 1.29 is 0 Å². The summed E-state index contributed by atoms with van der Waals surface area (Å²) in [5, 5.41) is 7.04. The Morgan fingerprint density at radius 1 is 1.22 bits per heavy atom. The number of nitrogens with zero attached hydrogens (tertiary/aromatic N) is 4. The average Bonchev–Trinajstić information content (AvgIpc) is 2.55. The van der Waals surface area contributed by atoms with E-state index in [0.717, 1.165) is 11.3 Å². The van der Waals surface area contributed by atoms with Crippen LogP contribution in [0.25, 0.3) is 11.2 Å². The van der Waals surface area contributed by atoms with Gasteiger partial charge in [0, 0.05) is 29.6 Å². The Balaban J connectivity index is 2.05. The van der Waals surface area contributed by atoms with Gasteiger partial charge in [-0.15, -0.1) is 6.58 Å². The van der Waals surface area contributed by atoms with Crippen LogP contribution in [0.4, 0.5) is 17.5 Å². The molecule has 0 atom stereocenters. The molecule has 1 aromatic carbocycles. The number of aromatic nitrogens is 4. The summed E-state index contributed by atoms with van der Waals surface area (Å²) in [6.07, 6.45) is 4.95. The van der Waals surface area contributed by atoms with Crippen molar-refractivity contribution >= 4 is 40.2 Å². The van der Waals surface area contributed by atoms with Crippen LogP contribution in [0.5, 0.6) is 0 Å². The van der Waals surface area contributed by atoms with Crippen LogP contribution in [0.2, 0.25) is 5.02 Å². The highest BCUT2D eigenvalue weighted by molar-refractivity contribution is 6.30. The first-order chi connectivity index (χ1) is 11.2. The fraction of sp³-hybridized carbons (Fsp3) is 0.125. The van der Waals surface area contributed by atoms with Crippen molar-refractivity contribution in [2.75, 3.05) is 17.2 Å². The maximum absolute atomic E-state index is 6.00. The second-order valence-electron chi connectivity index (χ2n) is 4.88. The van der Waals surface area contributed by atoms with E-state index in [-0.39, 0.29) is 0 Å². The lowest BCUT2D eigenvalue weighted by Gasteiger charge is -2.12. The van der Waals surface area contributed by atoms with Crippen LogP contribution >= 0.6 is 11.6 Å². The summed E-state index contributed by atoms with van der Waals surface area (Å²) in [6, 6.07) is 5.61. The monoisotopic (exact) mass is 326 g/mol. The van der Waals surface area contributed by atoms with E-state index in [9.17, 15) is 0 Å². The summed E-state index contributed by atoms with van der Waals surface area (Å²) < 4.78 is 0. The first kappa shape index (κ1) is 15.2. The van der Waals surface area contributed by atoms with Gasteiger partial charge >= 0.3 is 0 Å². The number of anilines is 3. The second-order valence-corrected chi connectivity index (χ2v) is 5.31. The van der Waals surface area contributed by atoms with Crippen LogP contribution in [0.3, 0.4) is 0 Å². The Morgan fingerprint density at radius 2 is 2.04 bits per heavy atom. The first-order valence-corrected chi connectivity index (χ1v) is 7.42. The van der Waals surface area contributed by atoms with Crippen molar-refractivity contribution in [3.05, 3.63) is 53.8 Å². The molecule has 7 heteroatoms. The molecular formula is C16H15ClN6. The normalized spacial score (nSPS) is 10.5. The lowest BCUT2D eigenvalue weighted by molar-refractivity contribution is 1.11. The predicted octanol–water partition coefficient (Wildman–Crippen LogP) is 3.72. The number of benzene rings is 1. The molecule has 0 aliphatic heterocycles. The summed E-state index contributed by atoms with van der Waals surface area (Å²) in [4.78, 5) is 17.4. The van der Waals surface area contributed by atoms with Gasteiger partial charge in [-0.1, -0.05) is 17.7 Å². The zero-order valence-corrected chi connectivity index (χ0v) is 13.3. The van der Waals surface area contributed by atoms with Crippen LogP contribution in [0, 0.1) is 6.92 Å². The molecule has 3 aromatic rings. The molecule has 2 aromatic heterocycles. The highest BCUT2D eigenvalue weighted by Crippen LogP contribution is 2.26. The smallest absolute Gasteiger partial charge is 0.227 e. The number of fused-ring (bicyclic) bond motifs is 1. The summed E-state index contributed by atoms with van der Waals surface area (Å²) in [6.45, 7) is 6.21. The number of halogens is 1.